The molecule has 0 aliphatic carbocycles. The monoisotopic (exact) mass is 420 g/mol. The van der Waals surface area contributed by atoms with E-state index in [1.54, 1.807) is 25.1 Å². The number of nitrogens with one attached hydrogen (secondary N) is 1. The first-order valence-electron chi connectivity index (χ1n) is 7.59. The van der Waals surface area contributed by atoms with Gasteiger partial charge >= 0.3 is 6.18 Å². The van der Waals surface area contributed by atoms with Gasteiger partial charge in [-0.3, -0.25) is 9.10 Å². The van der Waals surface area contributed by atoms with Crippen molar-refractivity contribution in [1.82, 2.24) is 0 Å². The Hall–Kier alpha value is -2.26. The molecule has 0 aliphatic heterocycles. The molecule has 0 bridgehead atoms. The first-order chi connectivity index (χ1) is 12.4. The van der Waals surface area contributed by atoms with E-state index >= 15 is 0 Å². The van der Waals surface area contributed by atoms with E-state index in [0.29, 0.717) is 16.3 Å². The Labute approximate surface area is 159 Å². The lowest BCUT2D eigenvalue weighted by Crippen LogP contribution is -2.37. The van der Waals surface area contributed by atoms with Gasteiger partial charge in [0.05, 0.1) is 17.5 Å². The Morgan fingerprint density at radius 3 is 2.26 bits per heavy atom. The molecule has 1 N–H and O–H groups in total. The molecule has 146 valence electrons. The van der Waals surface area contributed by atoms with E-state index in [1.807, 2.05) is 0 Å². The van der Waals surface area contributed by atoms with Gasteiger partial charge in [0.1, 0.15) is 6.54 Å². The summed E-state index contributed by atoms with van der Waals surface area (Å²) in [5.74, 6) is -0.661. The highest BCUT2D eigenvalue weighted by Gasteiger charge is 2.31. The summed E-state index contributed by atoms with van der Waals surface area (Å²) < 4.78 is 62.8. The van der Waals surface area contributed by atoms with Crippen molar-refractivity contribution in [3.8, 4) is 0 Å². The molecule has 0 atom stereocenters. The lowest BCUT2D eigenvalue weighted by atomic mass is 10.2. The lowest BCUT2D eigenvalue weighted by Gasteiger charge is -2.22. The lowest BCUT2D eigenvalue weighted by molar-refractivity contribution is -0.137. The van der Waals surface area contributed by atoms with Crippen molar-refractivity contribution in [1.29, 1.82) is 0 Å². The largest absolute Gasteiger partial charge is 0.416 e. The molecule has 27 heavy (non-hydrogen) atoms. The van der Waals surface area contributed by atoms with Gasteiger partial charge in [0.2, 0.25) is 15.9 Å². The van der Waals surface area contributed by atoms with Crippen molar-refractivity contribution in [3.63, 3.8) is 0 Å². The molecule has 10 heteroatoms. The highest BCUT2D eigenvalue weighted by atomic mass is 35.5. The maximum Gasteiger partial charge on any atom is 0.416 e. The van der Waals surface area contributed by atoms with Gasteiger partial charge in [0.15, 0.2) is 0 Å². The third-order valence-corrected chi connectivity index (χ3v) is 5.26. The van der Waals surface area contributed by atoms with Gasteiger partial charge in [-0.15, -0.1) is 0 Å². The molecule has 0 saturated carbocycles. The van der Waals surface area contributed by atoms with Crippen LogP contribution in [-0.2, 0) is 21.0 Å². The first-order valence-corrected chi connectivity index (χ1v) is 9.82. The molecule has 0 unspecified atom stereocenters. The van der Waals surface area contributed by atoms with Crippen LogP contribution in [0.1, 0.15) is 11.1 Å². The maximum atomic E-state index is 12.7. The van der Waals surface area contributed by atoms with Crippen molar-refractivity contribution in [3.05, 3.63) is 58.6 Å². The van der Waals surface area contributed by atoms with E-state index in [4.69, 9.17) is 11.6 Å². The molecule has 0 saturated heterocycles. The van der Waals surface area contributed by atoms with Gasteiger partial charge < -0.3 is 5.32 Å². The van der Waals surface area contributed by atoms with Gasteiger partial charge in [-0.1, -0.05) is 17.7 Å². The number of halogens is 4. The van der Waals surface area contributed by atoms with Crippen molar-refractivity contribution in [2.45, 2.75) is 13.1 Å². The summed E-state index contributed by atoms with van der Waals surface area (Å²) in [7, 11) is -3.91. The second kappa shape index (κ2) is 7.77. The van der Waals surface area contributed by atoms with E-state index in [1.165, 1.54) is 0 Å². The number of rotatable bonds is 5. The van der Waals surface area contributed by atoms with Crippen LogP contribution in [0.4, 0.5) is 24.5 Å². The molecule has 0 fully saturated rings. The molecule has 1 amide bonds. The summed E-state index contributed by atoms with van der Waals surface area (Å²) in [4.78, 5) is 12.3. The summed E-state index contributed by atoms with van der Waals surface area (Å²) in [6.07, 6.45) is -3.68. The van der Waals surface area contributed by atoms with E-state index < -0.39 is 34.2 Å². The first kappa shape index (κ1) is 21.0. The van der Waals surface area contributed by atoms with E-state index in [2.05, 4.69) is 5.32 Å². The zero-order valence-electron chi connectivity index (χ0n) is 14.3. The molecule has 0 aliphatic rings. The van der Waals surface area contributed by atoms with Crippen LogP contribution < -0.4 is 9.62 Å². The Morgan fingerprint density at radius 1 is 1.15 bits per heavy atom. The minimum Gasteiger partial charge on any atom is -0.324 e. The second-order valence-corrected chi connectivity index (χ2v) is 8.09. The molecule has 0 radical (unpaired) electrons. The number of anilines is 2. The van der Waals surface area contributed by atoms with Gasteiger partial charge in [-0.2, -0.15) is 13.2 Å². The van der Waals surface area contributed by atoms with Crippen LogP contribution in [0.3, 0.4) is 0 Å². The predicted octanol–water partition coefficient (Wildman–Crippen LogP) is 4.07. The number of carbonyl (C=O) groups excluding carboxylic acids is 1. The third-order valence-electron chi connectivity index (χ3n) is 3.71. The average molecular weight is 421 g/mol. The highest BCUT2D eigenvalue weighted by molar-refractivity contribution is 7.92. The number of amides is 1. The van der Waals surface area contributed by atoms with Crippen LogP contribution in [0.5, 0.6) is 0 Å². The fourth-order valence-electron chi connectivity index (χ4n) is 2.28. The van der Waals surface area contributed by atoms with Gasteiger partial charge in [0.25, 0.3) is 0 Å². The predicted molar refractivity (Wildman–Crippen MR) is 98.5 cm³/mol. The number of hydrogen-bond acceptors (Lipinski definition) is 3. The number of sulfonamides is 1. The number of carbonyl (C=O) groups is 1. The second-order valence-electron chi connectivity index (χ2n) is 5.77. The zero-order valence-corrected chi connectivity index (χ0v) is 15.9. The number of alkyl halides is 3. The summed E-state index contributed by atoms with van der Waals surface area (Å²) in [5, 5.41) is 2.98. The number of benzene rings is 2. The van der Waals surface area contributed by atoms with Crippen LogP contribution in [-0.4, -0.2) is 27.1 Å². The summed E-state index contributed by atoms with van der Waals surface area (Å²) in [6, 6.07) is 8.37. The summed E-state index contributed by atoms with van der Waals surface area (Å²) >= 11 is 5.97. The molecule has 0 spiro atoms. The minimum absolute atomic E-state index is 0.0523. The quantitative estimate of drug-likeness (QED) is 0.792. The normalized spacial score (nSPS) is 11.9. The molecular formula is C17H16ClF3N2O3S. The fraction of sp³-hybridized carbons (Fsp3) is 0.235. The molecule has 2 aromatic rings. The third kappa shape index (κ3) is 5.36. The SMILES string of the molecule is Cc1c(Cl)cccc1NC(=O)CN(c1ccc(C(F)(F)F)cc1)S(C)(=O)=O. The van der Waals surface area contributed by atoms with Crippen LogP contribution in [0, 0.1) is 6.92 Å². The maximum absolute atomic E-state index is 12.7. The Kier molecular flexibility index (Phi) is 6.06. The van der Waals surface area contributed by atoms with Crippen molar-refractivity contribution >= 4 is 38.9 Å². The van der Waals surface area contributed by atoms with Crippen LogP contribution in [0.25, 0.3) is 0 Å². The Morgan fingerprint density at radius 2 is 1.74 bits per heavy atom. The van der Waals surface area contributed by atoms with Crippen molar-refractivity contribution < 1.29 is 26.4 Å². The van der Waals surface area contributed by atoms with Crippen molar-refractivity contribution in [2.24, 2.45) is 0 Å². The molecule has 2 aromatic carbocycles. The number of hydrogen-bond donors (Lipinski definition) is 1. The van der Waals surface area contributed by atoms with Crippen LogP contribution in [0.15, 0.2) is 42.5 Å². The van der Waals surface area contributed by atoms with Gasteiger partial charge in [0, 0.05) is 10.7 Å². The molecule has 5 nitrogen and oxygen atoms in total. The zero-order chi connectivity index (χ0) is 20.4. The van der Waals surface area contributed by atoms with Crippen LogP contribution in [0.2, 0.25) is 5.02 Å². The standard InChI is InChI=1S/C17H16ClF3N2O3S/c1-11-14(18)4-3-5-15(11)22-16(24)10-23(27(2,25)26)13-8-6-12(7-9-13)17(19,20)21/h3-9H,10H2,1-2H3,(H,22,24). The Bertz CT molecular complexity index is 945. The topological polar surface area (TPSA) is 66.5 Å². The molecule has 2 rings (SSSR count). The summed E-state index contributed by atoms with van der Waals surface area (Å²) in [5.41, 5.74) is 0.0449. The van der Waals surface area contributed by atoms with Gasteiger partial charge in [-0.25, -0.2) is 8.42 Å². The number of nitrogens with zero attached hydrogens (tertiary/aromatic N) is 1. The van der Waals surface area contributed by atoms with E-state index in [0.717, 1.165) is 34.8 Å². The molecular weight excluding hydrogens is 405 g/mol. The van der Waals surface area contributed by atoms with Crippen molar-refractivity contribution in [2.75, 3.05) is 22.4 Å². The van der Waals surface area contributed by atoms with Gasteiger partial charge in [-0.05, 0) is 48.9 Å². The smallest absolute Gasteiger partial charge is 0.324 e. The highest BCUT2D eigenvalue weighted by Crippen LogP contribution is 2.31. The molecule has 0 heterocycles. The minimum atomic E-state index is -4.55. The fourth-order valence-corrected chi connectivity index (χ4v) is 3.31. The van der Waals surface area contributed by atoms with Crippen LogP contribution >= 0.6 is 11.6 Å². The van der Waals surface area contributed by atoms with E-state index in [-0.39, 0.29) is 5.69 Å². The average Bonchev–Trinajstić information content (AvgIpc) is 2.55. The van der Waals surface area contributed by atoms with E-state index in [9.17, 15) is 26.4 Å². The Balaban J connectivity index is 2.25. The molecule has 0 aromatic heterocycles. The summed E-state index contributed by atoms with van der Waals surface area (Å²) in [6.45, 7) is 1.08.